The van der Waals surface area contributed by atoms with Gasteiger partial charge in [0.15, 0.2) is 0 Å². The van der Waals surface area contributed by atoms with Crippen molar-refractivity contribution in [1.29, 1.82) is 0 Å². The van der Waals surface area contributed by atoms with Crippen molar-refractivity contribution in [3.05, 3.63) is 0 Å². The van der Waals surface area contributed by atoms with E-state index < -0.39 is 0 Å². The third kappa shape index (κ3) is 5.18. The molecule has 1 heterocycles. The minimum atomic E-state index is 0.233. The van der Waals surface area contributed by atoms with Crippen LogP contribution < -0.4 is 5.32 Å². The number of hydrogen-bond donors (Lipinski definition) is 1. The molecule has 0 aromatic carbocycles. The third-order valence-electron chi connectivity index (χ3n) is 2.69. The van der Waals surface area contributed by atoms with Crippen LogP contribution >= 0.6 is 11.8 Å². The monoisotopic (exact) mass is 246 g/mol. The van der Waals surface area contributed by atoms with Crippen LogP contribution in [0.3, 0.4) is 0 Å². The Hall–Kier alpha value is -0.260. The van der Waals surface area contributed by atoms with Crippen molar-refractivity contribution in [1.82, 2.24) is 10.2 Å². The van der Waals surface area contributed by atoms with Crippen LogP contribution in [-0.2, 0) is 9.53 Å². The maximum atomic E-state index is 11.8. The Balaban J connectivity index is 2.16. The summed E-state index contributed by atoms with van der Waals surface area (Å²) in [6.07, 6.45) is 1.53. The van der Waals surface area contributed by atoms with Crippen molar-refractivity contribution in [2.24, 2.45) is 0 Å². The highest BCUT2D eigenvalue weighted by Crippen LogP contribution is 2.11. The van der Waals surface area contributed by atoms with Gasteiger partial charge < -0.3 is 15.0 Å². The number of rotatable bonds is 6. The normalized spacial score (nSPS) is 20.8. The first-order valence-electron chi connectivity index (χ1n) is 5.78. The number of hydrogen-bond acceptors (Lipinski definition) is 4. The van der Waals surface area contributed by atoms with E-state index in [-0.39, 0.29) is 5.91 Å². The number of carbonyl (C=O) groups is 1. The highest BCUT2D eigenvalue weighted by Gasteiger charge is 2.18. The van der Waals surface area contributed by atoms with E-state index in [2.05, 4.69) is 5.32 Å². The fraction of sp³-hybridized carbons (Fsp3) is 0.909. The van der Waals surface area contributed by atoms with Crippen molar-refractivity contribution in [3.63, 3.8) is 0 Å². The van der Waals surface area contributed by atoms with Crippen LogP contribution in [0.4, 0.5) is 0 Å². The topological polar surface area (TPSA) is 41.6 Å². The fourth-order valence-electron chi connectivity index (χ4n) is 1.69. The van der Waals surface area contributed by atoms with Gasteiger partial charge in [0.05, 0.1) is 0 Å². The average molecular weight is 246 g/mol. The van der Waals surface area contributed by atoms with Crippen LogP contribution in [0.15, 0.2) is 0 Å². The zero-order valence-electron chi connectivity index (χ0n) is 10.2. The number of carbonyl (C=O) groups excluding carboxylic acids is 1. The Morgan fingerprint density at radius 1 is 1.62 bits per heavy atom. The van der Waals surface area contributed by atoms with Gasteiger partial charge in [0.2, 0.25) is 5.91 Å². The fourth-order valence-corrected chi connectivity index (χ4v) is 2.64. The third-order valence-corrected chi connectivity index (χ3v) is 3.82. The summed E-state index contributed by atoms with van der Waals surface area (Å²) < 4.78 is 4.97. The van der Waals surface area contributed by atoms with E-state index in [4.69, 9.17) is 4.74 Å². The molecule has 0 spiro atoms. The molecule has 1 atom stereocenters. The van der Waals surface area contributed by atoms with Crippen LogP contribution in [-0.4, -0.2) is 62.2 Å². The molecule has 0 aromatic heterocycles. The lowest BCUT2D eigenvalue weighted by molar-refractivity contribution is -0.130. The smallest absolute Gasteiger partial charge is 0.223 e. The van der Waals surface area contributed by atoms with Crippen molar-refractivity contribution >= 4 is 17.7 Å². The highest BCUT2D eigenvalue weighted by molar-refractivity contribution is 7.99. The van der Waals surface area contributed by atoms with E-state index in [9.17, 15) is 4.79 Å². The van der Waals surface area contributed by atoms with Gasteiger partial charge in [0, 0.05) is 57.8 Å². The van der Waals surface area contributed by atoms with Gasteiger partial charge in [0.1, 0.15) is 0 Å². The maximum Gasteiger partial charge on any atom is 0.223 e. The number of ether oxygens (including phenoxy) is 1. The Kier molecular flexibility index (Phi) is 6.84. The predicted octanol–water partition coefficient (Wildman–Crippen LogP) is 0.576. The van der Waals surface area contributed by atoms with Crippen molar-refractivity contribution in [2.45, 2.75) is 18.9 Å². The van der Waals surface area contributed by atoms with Crippen LogP contribution in [0.2, 0.25) is 0 Å². The molecule has 1 aliphatic rings. The summed E-state index contributed by atoms with van der Waals surface area (Å²) in [6.45, 7) is 2.53. The Labute approximate surface area is 102 Å². The second kappa shape index (κ2) is 7.92. The molecule has 0 bridgehead atoms. The van der Waals surface area contributed by atoms with Gasteiger partial charge in [-0.05, 0) is 6.42 Å². The van der Waals surface area contributed by atoms with Gasteiger partial charge in [0.25, 0.3) is 0 Å². The largest absolute Gasteiger partial charge is 0.385 e. The lowest BCUT2D eigenvalue weighted by Crippen LogP contribution is -2.42. The molecule has 1 amide bonds. The molecule has 0 radical (unpaired) electrons. The van der Waals surface area contributed by atoms with E-state index in [0.29, 0.717) is 12.5 Å². The standard InChI is InChI=1S/C11H22N2O2S/c1-13(5-3-6-15-2)11(14)8-10-9-16-7-4-12-10/h10,12H,3-9H2,1-2H3. The van der Waals surface area contributed by atoms with Crippen LogP contribution in [0.1, 0.15) is 12.8 Å². The lowest BCUT2D eigenvalue weighted by atomic mass is 10.2. The minimum Gasteiger partial charge on any atom is -0.385 e. The maximum absolute atomic E-state index is 11.8. The number of amides is 1. The Bertz CT molecular complexity index is 208. The molecule has 0 aliphatic carbocycles. The molecule has 0 saturated carbocycles. The average Bonchev–Trinajstić information content (AvgIpc) is 2.30. The quantitative estimate of drug-likeness (QED) is 0.696. The molecule has 1 N–H and O–H groups in total. The second-order valence-corrected chi connectivity index (χ2v) is 5.24. The molecule has 16 heavy (non-hydrogen) atoms. The lowest BCUT2D eigenvalue weighted by Gasteiger charge is -2.25. The molecule has 94 valence electrons. The van der Waals surface area contributed by atoms with Gasteiger partial charge in [-0.3, -0.25) is 4.79 Å². The molecule has 1 rings (SSSR count). The molecule has 0 aromatic rings. The molecule has 1 fully saturated rings. The molecule has 1 saturated heterocycles. The summed E-state index contributed by atoms with van der Waals surface area (Å²) in [5.41, 5.74) is 0. The molecule has 1 aliphatic heterocycles. The molecule has 5 heteroatoms. The molecule has 1 unspecified atom stereocenters. The second-order valence-electron chi connectivity index (χ2n) is 4.09. The first-order chi connectivity index (χ1) is 7.74. The van der Waals surface area contributed by atoms with Gasteiger partial charge in [-0.2, -0.15) is 11.8 Å². The van der Waals surface area contributed by atoms with Gasteiger partial charge >= 0.3 is 0 Å². The molecular formula is C11H22N2O2S. The van der Waals surface area contributed by atoms with Gasteiger partial charge in [-0.15, -0.1) is 0 Å². The number of methoxy groups -OCH3 is 1. The van der Waals surface area contributed by atoms with Crippen molar-refractivity contribution < 1.29 is 9.53 Å². The summed E-state index contributed by atoms with van der Waals surface area (Å²) in [6, 6.07) is 0.358. The van der Waals surface area contributed by atoms with E-state index in [1.807, 2.05) is 18.8 Å². The van der Waals surface area contributed by atoms with Gasteiger partial charge in [-0.25, -0.2) is 0 Å². The van der Waals surface area contributed by atoms with Crippen LogP contribution in [0.5, 0.6) is 0 Å². The predicted molar refractivity (Wildman–Crippen MR) is 67.9 cm³/mol. The van der Waals surface area contributed by atoms with Crippen molar-refractivity contribution in [3.8, 4) is 0 Å². The molecule has 4 nitrogen and oxygen atoms in total. The number of thioether (sulfide) groups is 1. The van der Waals surface area contributed by atoms with Gasteiger partial charge in [-0.1, -0.05) is 0 Å². The van der Waals surface area contributed by atoms with E-state index >= 15 is 0 Å². The zero-order chi connectivity index (χ0) is 11.8. The van der Waals surface area contributed by atoms with Crippen LogP contribution in [0.25, 0.3) is 0 Å². The molecular weight excluding hydrogens is 224 g/mol. The highest BCUT2D eigenvalue weighted by atomic mass is 32.2. The number of nitrogens with zero attached hydrogens (tertiary/aromatic N) is 1. The SMILES string of the molecule is COCCCN(C)C(=O)CC1CSCCN1. The zero-order valence-corrected chi connectivity index (χ0v) is 11.0. The summed E-state index contributed by atoms with van der Waals surface area (Å²) in [5, 5.41) is 3.38. The Morgan fingerprint density at radius 3 is 3.06 bits per heavy atom. The van der Waals surface area contributed by atoms with E-state index in [1.165, 1.54) is 0 Å². The van der Waals surface area contributed by atoms with E-state index in [0.717, 1.165) is 37.6 Å². The van der Waals surface area contributed by atoms with Crippen molar-refractivity contribution in [2.75, 3.05) is 45.4 Å². The first-order valence-corrected chi connectivity index (χ1v) is 6.93. The van der Waals surface area contributed by atoms with Crippen LogP contribution in [0, 0.1) is 0 Å². The minimum absolute atomic E-state index is 0.233. The van der Waals surface area contributed by atoms with E-state index in [1.54, 1.807) is 12.0 Å². The summed E-state index contributed by atoms with van der Waals surface area (Å²) in [5.74, 6) is 2.45. The first kappa shape index (κ1) is 13.8. The Morgan fingerprint density at radius 2 is 2.44 bits per heavy atom. The summed E-state index contributed by atoms with van der Waals surface area (Å²) in [7, 11) is 3.55. The number of nitrogens with one attached hydrogen (secondary N) is 1. The summed E-state index contributed by atoms with van der Waals surface area (Å²) >= 11 is 1.92. The summed E-state index contributed by atoms with van der Waals surface area (Å²) in [4.78, 5) is 13.6.